The maximum atomic E-state index is 11.1. The van der Waals surface area contributed by atoms with Crippen molar-refractivity contribution >= 4 is 0 Å². The zero-order valence-corrected chi connectivity index (χ0v) is 7.87. The zero-order chi connectivity index (χ0) is 9.42. The molecule has 0 aliphatic carbocycles. The van der Waals surface area contributed by atoms with Crippen LogP contribution in [0.15, 0.2) is 10.9 Å². The number of nitrogens with zero attached hydrogens (tertiary/aromatic N) is 2. The Kier molecular flexibility index (Phi) is 1.92. The number of aromatic amines is 1. The second kappa shape index (κ2) is 2.96. The molecule has 1 fully saturated rings. The van der Waals surface area contributed by atoms with E-state index < -0.39 is 0 Å². The van der Waals surface area contributed by atoms with Crippen molar-refractivity contribution in [2.45, 2.75) is 12.8 Å². The van der Waals surface area contributed by atoms with E-state index >= 15 is 0 Å². The first-order chi connectivity index (χ1) is 6.15. The Morgan fingerprint density at radius 1 is 1.62 bits per heavy atom. The van der Waals surface area contributed by atoms with Crippen LogP contribution in [-0.2, 0) is 0 Å². The molecule has 1 saturated heterocycles. The highest BCUT2D eigenvalue weighted by molar-refractivity contribution is 5.12. The van der Waals surface area contributed by atoms with E-state index in [0.717, 1.165) is 18.8 Å². The van der Waals surface area contributed by atoms with Gasteiger partial charge in [0.2, 0.25) is 0 Å². The molecule has 1 aromatic heterocycles. The molecule has 0 atom stereocenters. The summed E-state index contributed by atoms with van der Waals surface area (Å²) >= 11 is 0. The zero-order valence-electron chi connectivity index (χ0n) is 7.87. The minimum Gasteiger partial charge on any atom is -0.311 e. The van der Waals surface area contributed by atoms with Gasteiger partial charge in [-0.2, -0.15) is 0 Å². The molecule has 1 aliphatic heterocycles. The van der Waals surface area contributed by atoms with Crippen molar-refractivity contribution in [3.05, 3.63) is 27.9 Å². The highest BCUT2D eigenvalue weighted by atomic mass is 16.1. The normalized spacial score (nSPS) is 18.6. The fourth-order valence-electron chi connectivity index (χ4n) is 1.70. The number of nitrogens with one attached hydrogen (secondary N) is 1. The Labute approximate surface area is 76.6 Å². The molecular weight excluding hydrogens is 166 g/mol. The average molecular weight is 179 g/mol. The molecule has 2 heterocycles. The van der Waals surface area contributed by atoms with Crippen LogP contribution in [-0.4, -0.2) is 35.0 Å². The van der Waals surface area contributed by atoms with E-state index in [1.165, 1.54) is 0 Å². The maximum Gasteiger partial charge on any atom is 0.251 e. The van der Waals surface area contributed by atoms with Crippen molar-refractivity contribution in [2.24, 2.45) is 0 Å². The summed E-state index contributed by atoms with van der Waals surface area (Å²) < 4.78 is 0. The summed E-state index contributed by atoms with van der Waals surface area (Å²) in [5.41, 5.74) is 0.886. The van der Waals surface area contributed by atoms with Crippen LogP contribution in [0.5, 0.6) is 0 Å². The molecule has 0 radical (unpaired) electrons. The van der Waals surface area contributed by atoms with Gasteiger partial charge in [-0.05, 0) is 14.0 Å². The Balaban J connectivity index is 2.26. The molecular formula is C9H13N3O. The summed E-state index contributed by atoms with van der Waals surface area (Å²) in [6, 6.07) is 1.60. The molecule has 13 heavy (non-hydrogen) atoms. The smallest absolute Gasteiger partial charge is 0.251 e. The SMILES string of the molecule is Cc1nc(C2CN(C)C2)cc(=O)[nH]1. The first-order valence-corrected chi connectivity index (χ1v) is 4.41. The second-order valence-electron chi connectivity index (χ2n) is 3.67. The fraction of sp³-hybridized carbons (Fsp3) is 0.556. The van der Waals surface area contributed by atoms with Gasteiger partial charge in [-0.3, -0.25) is 4.79 Å². The summed E-state index contributed by atoms with van der Waals surface area (Å²) in [4.78, 5) is 20.3. The lowest BCUT2D eigenvalue weighted by Crippen LogP contribution is -2.42. The number of hydrogen-bond acceptors (Lipinski definition) is 3. The van der Waals surface area contributed by atoms with Crippen molar-refractivity contribution < 1.29 is 0 Å². The van der Waals surface area contributed by atoms with Crippen molar-refractivity contribution in [2.75, 3.05) is 20.1 Å². The van der Waals surface area contributed by atoms with Crippen LogP contribution in [0.2, 0.25) is 0 Å². The summed E-state index contributed by atoms with van der Waals surface area (Å²) in [6.45, 7) is 3.83. The van der Waals surface area contributed by atoms with Crippen LogP contribution in [0.25, 0.3) is 0 Å². The number of likely N-dealkylation sites (tertiary alicyclic amines) is 1. The lowest BCUT2D eigenvalue weighted by atomic mass is 9.97. The molecule has 0 spiro atoms. The van der Waals surface area contributed by atoms with Gasteiger partial charge in [-0.25, -0.2) is 4.98 Å². The number of H-pyrrole nitrogens is 1. The average Bonchev–Trinajstić information content (AvgIpc) is 1.96. The minimum absolute atomic E-state index is 0.0444. The fourth-order valence-corrected chi connectivity index (χ4v) is 1.70. The minimum atomic E-state index is -0.0444. The van der Waals surface area contributed by atoms with Crippen LogP contribution in [0.1, 0.15) is 17.4 Å². The van der Waals surface area contributed by atoms with Gasteiger partial charge in [-0.1, -0.05) is 0 Å². The molecule has 1 N–H and O–H groups in total. The molecule has 4 heteroatoms. The predicted molar refractivity (Wildman–Crippen MR) is 49.8 cm³/mol. The third-order valence-corrected chi connectivity index (χ3v) is 2.36. The molecule has 2 rings (SSSR count). The van der Waals surface area contributed by atoms with Crippen LogP contribution < -0.4 is 5.56 Å². The monoisotopic (exact) mass is 179 g/mol. The van der Waals surface area contributed by atoms with Gasteiger partial charge in [0.05, 0.1) is 5.69 Å². The Morgan fingerprint density at radius 3 is 2.85 bits per heavy atom. The number of aromatic nitrogens is 2. The maximum absolute atomic E-state index is 11.1. The largest absolute Gasteiger partial charge is 0.311 e. The predicted octanol–water partition coefficient (Wildman–Crippen LogP) is 0.107. The summed E-state index contributed by atoms with van der Waals surface area (Å²) in [6.07, 6.45) is 0. The number of aryl methyl sites for hydroxylation is 1. The Morgan fingerprint density at radius 2 is 2.31 bits per heavy atom. The first kappa shape index (κ1) is 8.44. The van der Waals surface area contributed by atoms with E-state index in [4.69, 9.17) is 0 Å². The van der Waals surface area contributed by atoms with E-state index in [1.54, 1.807) is 6.07 Å². The molecule has 1 aliphatic rings. The third-order valence-electron chi connectivity index (χ3n) is 2.36. The molecule has 1 aromatic rings. The van der Waals surface area contributed by atoms with E-state index in [1.807, 2.05) is 6.92 Å². The van der Waals surface area contributed by atoms with Crippen molar-refractivity contribution in [1.29, 1.82) is 0 Å². The molecule has 0 aromatic carbocycles. The van der Waals surface area contributed by atoms with Gasteiger partial charge in [0, 0.05) is 25.1 Å². The van der Waals surface area contributed by atoms with Gasteiger partial charge in [0.25, 0.3) is 5.56 Å². The standard InChI is InChI=1S/C9H13N3O/c1-6-10-8(3-9(13)11-6)7-4-12(2)5-7/h3,7H,4-5H2,1-2H3,(H,10,11,13). The molecule has 0 bridgehead atoms. The lowest BCUT2D eigenvalue weighted by Gasteiger charge is -2.35. The Bertz CT molecular complexity index is 365. The van der Waals surface area contributed by atoms with Gasteiger partial charge in [0.15, 0.2) is 0 Å². The molecule has 0 unspecified atom stereocenters. The number of hydrogen-bond donors (Lipinski definition) is 1. The first-order valence-electron chi connectivity index (χ1n) is 4.41. The Hall–Kier alpha value is -1.16. The van der Waals surface area contributed by atoms with Crippen molar-refractivity contribution in [1.82, 2.24) is 14.9 Å². The number of rotatable bonds is 1. The second-order valence-corrected chi connectivity index (χ2v) is 3.67. The molecule has 0 saturated carbocycles. The molecule has 4 nitrogen and oxygen atoms in total. The van der Waals surface area contributed by atoms with Gasteiger partial charge < -0.3 is 9.88 Å². The highest BCUT2D eigenvalue weighted by Gasteiger charge is 2.26. The van der Waals surface area contributed by atoms with Crippen LogP contribution in [0.3, 0.4) is 0 Å². The van der Waals surface area contributed by atoms with Crippen LogP contribution >= 0.6 is 0 Å². The van der Waals surface area contributed by atoms with Crippen LogP contribution in [0.4, 0.5) is 0 Å². The van der Waals surface area contributed by atoms with Crippen LogP contribution in [0, 0.1) is 6.92 Å². The van der Waals surface area contributed by atoms with Gasteiger partial charge in [0.1, 0.15) is 5.82 Å². The van der Waals surface area contributed by atoms with E-state index in [-0.39, 0.29) is 5.56 Å². The van der Waals surface area contributed by atoms with E-state index in [2.05, 4.69) is 21.9 Å². The number of likely N-dealkylation sites (N-methyl/N-ethyl adjacent to an activating group) is 1. The topological polar surface area (TPSA) is 49.0 Å². The van der Waals surface area contributed by atoms with Gasteiger partial charge in [-0.15, -0.1) is 0 Å². The van der Waals surface area contributed by atoms with Crippen molar-refractivity contribution in [3.63, 3.8) is 0 Å². The van der Waals surface area contributed by atoms with E-state index in [9.17, 15) is 4.79 Å². The van der Waals surface area contributed by atoms with Crippen molar-refractivity contribution in [3.8, 4) is 0 Å². The molecule has 70 valence electrons. The third kappa shape index (κ3) is 1.62. The highest BCUT2D eigenvalue weighted by Crippen LogP contribution is 2.22. The summed E-state index contributed by atoms with van der Waals surface area (Å²) in [5, 5.41) is 0. The molecule has 0 amide bonds. The lowest BCUT2D eigenvalue weighted by molar-refractivity contribution is 0.186. The van der Waals surface area contributed by atoms with E-state index in [0.29, 0.717) is 11.7 Å². The summed E-state index contributed by atoms with van der Waals surface area (Å²) in [5.74, 6) is 1.16. The summed E-state index contributed by atoms with van der Waals surface area (Å²) in [7, 11) is 2.07. The quantitative estimate of drug-likeness (QED) is 0.665. The van der Waals surface area contributed by atoms with Gasteiger partial charge >= 0.3 is 0 Å².